The van der Waals surface area contributed by atoms with Gasteiger partial charge in [-0.2, -0.15) is 0 Å². The maximum Gasteiger partial charge on any atom is 0.322 e. The van der Waals surface area contributed by atoms with Gasteiger partial charge in [-0.3, -0.25) is 4.79 Å². The molecule has 0 atom stereocenters. The average Bonchev–Trinajstić information content (AvgIpc) is 3.29. The standard InChI is InChI=1S/C26H23N3O4/c30-25-20(13-19-14-23-24(33-17-32-23)15-22(19)28-25)16-29(12-11-18-7-3-1-4-8-18)26(31)27-21-9-5-2-6-10-21/h1-10,13-15H,11-12,16-17H2,(H,27,31)(H,28,30). The topological polar surface area (TPSA) is 83.7 Å². The van der Waals surface area contributed by atoms with Crippen LogP contribution in [0.15, 0.2) is 83.7 Å². The number of nitrogens with one attached hydrogen (secondary N) is 2. The summed E-state index contributed by atoms with van der Waals surface area (Å²) in [5, 5.41) is 3.75. The van der Waals surface area contributed by atoms with E-state index in [-0.39, 0.29) is 24.9 Å². The van der Waals surface area contributed by atoms with Crippen LogP contribution < -0.4 is 20.3 Å². The van der Waals surface area contributed by atoms with Gasteiger partial charge in [-0.05, 0) is 36.2 Å². The first kappa shape index (κ1) is 20.6. The van der Waals surface area contributed by atoms with Crippen LogP contribution in [0.5, 0.6) is 11.5 Å². The van der Waals surface area contributed by atoms with Crippen LogP contribution in [-0.2, 0) is 13.0 Å². The fourth-order valence-electron chi connectivity index (χ4n) is 3.85. The van der Waals surface area contributed by atoms with Crippen LogP contribution in [0.1, 0.15) is 11.1 Å². The maximum absolute atomic E-state index is 13.1. The number of ether oxygens (including phenoxy) is 2. The van der Waals surface area contributed by atoms with Gasteiger partial charge in [-0.25, -0.2) is 4.79 Å². The minimum atomic E-state index is -0.262. The second-order valence-corrected chi connectivity index (χ2v) is 7.87. The highest BCUT2D eigenvalue weighted by Gasteiger charge is 2.19. The van der Waals surface area contributed by atoms with Crippen molar-refractivity contribution >= 4 is 22.6 Å². The third kappa shape index (κ3) is 4.67. The number of nitrogens with zero attached hydrogens (tertiary/aromatic N) is 1. The first-order valence-corrected chi connectivity index (χ1v) is 10.8. The lowest BCUT2D eigenvalue weighted by Crippen LogP contribution is -2.37. The summed E-state index contributed by atoms with van der Waals surface area (Å²) < 4.78 is 10.9. The van der Waals surface area contributed by atoms with E-state index in [0.717, 1.165) is 10.9 Å². The molecule has 0 fully saturated rings. The zero-order chi connectivity index (χ0) is 22.6. The van der Waals surface area contributed by atoms with Gasteiger partial charge in [0.1, 0.15) is 0 Å². The molecule has 1 aromatic heterocycles. The van der Waals surface area contributed by atoms with Gasteiger partial charge in [0.25, 0.3) is 5.56 Å². The average molecular weight is 441 g/mol. The van der Waals surface area contributed by atoms with E-state index in [4.69, 9.17) is 9.47 Å². The molecule has 4 aromatic rings. The molecule has 7 nitrogen and oxygen atoms in total. The van der Waals surface area contributed by atoms with Crippen molar-refractivity contribution in [3.63, 3.8) is 0 Å². The van der Waals surface area contributed by atoms with Gasteiger partial charge in [-0.15, -0.1) is 0 Å². The summed E-state index contributed by atoms with van der Waals surface area (Å²) in [7, 11) is 0. The summed E-state index contributed by atoms with van der Waals surface area (Å²) in [6.07, 6.45) is 0.674. The van der Waals surface area contributed by atoms with E-state index >= 15 is 0 Å². The minimum Gasteiger partial charge on any atom is -0.454 e. The number of anilines is 1. The van der Waals surface area contributed by atoms with Gasteiger partial charge in [0.2, 0.25) is 6.79 Å². The van der Waals surface area contributed by atoms with E-state index < -0.39 is 0 Å². The number of carbonyl (C=O) groups excluding carboxylic acids is 1. The highest BCUT2D eigenvalue weighted by Crippen LogP contribution is 2.35. The Morgan fingerprint density at radius 3 is 2.39 bits per heavy atom. The number of benzene rings is 3. The summed E-state index contributed by atoms with van der Waals surface area (Å²) in [6.45, 7) is 0.794. The van der Waals surface area contributed by atoms with Crippen LogP contribution in [-0.4, -0.2) is 29.3 Å². The quantitative estimate of drug-likeness (QED) is 0.460. The number of aromatic nitrogens is 1. The number of H-pyrrole nitrogens is 1. The van der Waals surface area contributed by atoms with Crippen LogP contribution in [0.3, 0.4) is 0 Å². The number of pyridine rings is 1. The maximum atomic E-state index is 13.1. The lowest BCUT2D eigenvalue weighted by molar-refractivity contribution is 0.174. The van der Waals surface area contributed by atoms with E-state index in [9.17, 15) is 9.59 Å². The Kier molecular flexibility index (Phi) is 5.68. The van der Waals surface area contributed by atoms with Crippen LogP contribution in [0, 0.1) is 0 Å². The van der Waals surface area contributed by atoms with Gasteiger partial charge in [0, 0.05) is 29.2 Å². The first-order chi connectivity index (χ1) is 16.2. The highest BCUT2D eigenvalue weighted by molar-refractivity contribution is 5.89. The molecule has 0 spiro atoms. The molecule has 1 aliphatic heterocycles. The summed E-state index contributed by atoms with van der Waals surface area (Å²) in [6, 6.07) is 24.4. The Labute approximate surface area is 190 Å². The second-order valence-electron chi connectivity index (χ2n) is 7.87. The molecule has 2 N–H and O–H groups in total. The van der Waals surface area contributed by atoms with Crippen molar-refractivity contribution in [3.8, 4) is 11.5 Å². The van der Waals surface area contributed by atoms with E-state index in [1.54, 1.807) is 17.0 Å². The molecule has 0 bridgehead atoms. The molecule has 166 valence electrons. The Morgan fingerprint density at radius 1 is 0.939 bits per heavy atom. The zero-order valence-electron chi connectivity index (χ0n) is 17.9. The molecule has 0 aliphatic carbocycles. The third-order valence-electron chi connectivity index (χ3n) is 5.60. The lowest BCUT2D eigenvalue weighted by Gasteiger charge is -2.23. The number of aromatic amines is 1. The molecule has 33 heavy (non-hydrogen) atoms. The molecule has 1 aliphatic rings. The van der Waals surface area contributed by atoms with Crippen LogP contribution >= 0.6 is 0 Å². The Bertz CT molecular complexity index is 1340. The van der Waals surface area contributed by atoms with E-state index in [1.807, 2.05) is 66.7 Å². The van der Waals surface area contributed by atoms with Gasteiger partial charge < -0.3 is 24.7 Å². The monoisotopic (exact) mass is 441 g/mol. The summed E-state index contributed by atoms with van der Waals surface area (Å²) in [4.78, 5) is 30.5. The van der Waals surface area contributed by atoms with E-state index in [2.05, 4.69) is 10.3 Å². The SMILES string of the molecule is O=C(Nc1ccccc1)N(CCc1ccccc1)Cc1cc2cc3c(cc2[nH]c1=O)OCO3. The zero-order valence-corrected chi connectivity index (χ0v) is 17.9. The van der Waals surface area contributed by atoms with Crippen molar-refractivity contribution in [1.82, 2.24) is 9.88 Å². The van der Waals surface area contributed by atoms with Crippen molar-refractivity contribution in [2.24, 2.45) is 0 Å². The first-order valence-electron chi connectivity index (χ1n) is 10.8. The fourth-order valence-corrected chi connectivity index (χ4v) is 3.85. The third-order valence-corrected chi connectivity index (χ3v) is 5.60. The number of para-hydroxylation sites is 1. The Hall–Kier alpha value is -4.26. The molecule has 5 rings (SSSR count). The number of fused-ring (bicyclic) bond motifs is 2. The molecule has 0 unspecified atom stereocenters. The summed E-state index contributed by atoms with van der Waals surface area (Å²) >= 11 is 0. The van der Waals surface area contributed by atoms with Crippen molar-refractivity contribution < 1.29 is 14.3 Å². The van der Waals surface area contributed by atoms with Crippen LogP contribution in [0.25, 0.3) is 10.9 Å². The van der Waals surface area contributed by atoms with Gasteiger partial charge in [0.05, 0.1) is 12.1 Å². The van der Waals surface area contributed by atoms with Gasteiger partial charge in [0.15, 0.2) is 11.5 Å². The molecular formula is C26H23N3O4. The number of urea groups is 1. The number of hydrogen-bond acceptors (Lipinski definition) is 4. The van der Waals surface area contributed by atoms with Crippen molar-refractivity contribution in [1.29, 1.82) is 0 Å². The Balaban J connectivity index is 1.42. The van der Waals surface area contributed by atoms with Crippen LogP contribution in [0.4, 0.5) is 10.5 Å². The number of amides is 2. The van der Waals surface area contributed by atoms with Crippen LogP contribution in [0.2, 0.25) is 0 Å². The highest BCUT2D eigenvalue weighted by atomic mass is 16.7. The molecule has 0 radical (unpaired) electrons. The summed E-state index contributed by atoms with van der Waals surface area (Å²) in [5.74, 6) is 1.25. The number of carbonyl (C=O) groups is 1. The summed E-state index contributed by atoms with van der Waals surface area (Å²) in [5.41, 5.74) is 2.75. The molecule has 7 heteroatoms. The van der Waals surface area contributed by atoms with Gasteiger partial charge >= 0.3 is 6.03 Å². The van der Waals surface area contributed by atoms with E-state index in [0.29, 0.717) is 41.2 Å². The molecular weight excluding hydrogens is 418 g/mol. The minimum absolute atomic E-state index is 0.162. The largest absolute Gasteiger partial charge is 0.454 e. The number of hydrogen-bond donors (Lipinski definition) is 2. The lowest BCUT2D eigenvalue weighted by atomic mass is 10.1. The van der Waals surface area contributed by atoms with E-state index in [1.165, 1.54) is 0 Å². The Morgan fingerprint density at radius 2 is 1.64 bits per heavy atom. The second kappa shape index (κ2) is 9.08. The molecule has 2 amide bonds. The molecule has 0 saturated heterocycles. The smallest absolute Gasteiger partial charge is 0.322 e. The van der Waals surface area contributed by atoms with Crippen molar-refractivity contribution in [2.75, 3.05) is 18.7 Å². The van der Waals surface area contributed by atoms with Crippen molar-refractivity contribution in [3.05, 3.63) is 100 Å². The van der Waals surface area contributed by atoms with Crippen molar-refractivity contribution in [2.45, 2.75) is 13.0 Å². The molecule has 0 saturated carbocycles. The van der Waals surface area contributed by atoms with Gasteiger partial charge in [-0.1, -0.05) is 48.5 Å². The molecule has 2 heterocycles. The normalized spacial score (nSPS) is 12.0. The predicted octanol–water partition coefficient (Wildman–Crippen LogP) is 4.53. The number of rotatable bonds is 6. The predicted molar refractivity (Wildman–Crippen MR) is 127 cm³/mol. The molecule has 3 aromatic carbocycles. The fraction of sp³-hybridized carbons (Fsp3) is 0.154.